The number of carbonyl (C=O) groups is 1. The molecular weight excluding hydrogens is 291 g/mol. The molecule has 1 N–H and O–H groups in total. The molecule has 0 unspecified atom stereocenters. The number of thioether (sulfide) groups is 1. The van der Waals surface area contributed by atoms with Gasteiger partial charge in [-0.3, -0.25) is 9.36 Å². The van der Waals surface area contributed by atoms with E-state index in [-0.39, 0.29) is 17.0 Å². The molecule has 2 aromatic rings. The van der Waals surface area contributed by atoms with Crippen LogP contribution in [0.1, 0.15) is 26.5 Å². The number of imidazole rings is 1. The lowest BCUT2D eigenvalue weighted by molar-refractivity contribution is -0.133. The Hall–Kier alpha value is -1.82. The van der Waals surface area contributed by atoms with Crippen molar-refractivity contribution < 1.29 is 14.3 Å². The molecule has 112 valence electrons. The molecule has 0 aliphatic carbocycles. The molecule has 0 aliphatic heterocycles. The lowest BCUT2D eigenvalue weighted by Gasteiger charge is -2.22. The van der Waals surface area contributed by atoms with Gasteiger partial charge in [-0.2, -0.15) is 0 Å². The van der Waals surface area contributed by atoms with E-state index in [1.54, 1.807) is 29.0 Å². The Morgan fingerprint density at radius 1 is 1.38 bits per heavy atom. The molecule has 0 atom stereocenters. The van der Waals surface area contributed by atoms with E-state index in [0.29, 0.717) is 10.8 Å². The first-order valence-electron chi connectivity index (χ1n) is 6.48. The van der Waals surface area contributed by atoms with Crippen LogP contribution in [0.25, 0.3) is 5.69 Å². The van der Waals surface area contributed by atoms with Crippen molar-refractivity contribution in [3.05, 3.63) is 42.0 Å². The van der Waals surface area contributed by atoms with Gasteiger partial charge in [0.15, 0.2) is 5.16 Å². The van der Waals surface area contributed by atoms with Gasteiger partial charge in [-0.05, 0) is 12.1 Å². The van der Waals surface area contributed by atoms with Crippen LogP contribution < -0.4 is 0 Å². The van der Waals surface area contributed by atoms with E-state index >= 15 is 0 Å². The third kappa shape index (κ3) is 3.44. The van der Waals surface area contributed by atoms with Crippen molar-refractivity contribution in [3.8, 4) is 5.69 Å². The minimum Gasteiger partial charge on any atom is -0.481 e. The number of aliphatic carboxylic acids is 1. The van der Waals surface area contributed by atoms with Gasteiger partial charge >= 0.3 is 5.97 Å². The molecule has 6 heteroatoms. The predicted molar refractivity (Wildman–Crippen MR) is 80.6 cm³/mol. The Bertz CT molecular complexity index is 662. The van der Waals surface area contributed by atoms with Gasteiger partial charge in [-0.25, -0.2) is 9.37 Å². The number of para-hydroxylation sites is 1. The van der Waals surface area contributed by atoms with Gasteiger partial charge in [0, 0.05) is 11.1 Å². The van der Waals surface area contributed by atoms with E-state index < -0.39 is 5.97 Å². The van der Waals surface area contributed by atoms with Crippen LogP contribution in [-0.2, 0) is 10.2 Å². The van der Waals surface area contributed by atoms with Crippen molar-refractivity contribution in [1.29, 1.82) is 0 Å². The van der Waals surface area contributed by atoms with Gasteiger partial charge in [-0.15, -0.1) is 0 Å². The number of halogens is 1. The Balaban J connectivity index is 2.56. The SMILES string of the molecule is CC(C)(C)c1cnc(SCC(=O)O)n1-c1ccccc1F. The Labute approximate surface area is 127 Å². The maximum absolute atomic E-state index is 14.1. The Morgan fingerprint density at radius 2 is 2.05 bits per heavy atom. The largest absolute Gasteiger partial charge is 0.481 e. The van der Waals surface area contributed by atoms with E-state index in [0.717, 1.165) is 17.5 Å². The first-order valence-corrected chi connectivity index (χ1v) is 7.47. The van der Waals surface area contributed by atoms with E-state index in [2.05, 4.69) is 4.98 Å². The number of hydrogen-bond donors (Lipinski definition) is 1. The highest BCUT2D eigenvalue weighted by molar-refractivity contribution is 7.99. The van der Waals surface area contributed by atoms with Crippen molar-refractivity contribution in [2.75, 3.05) is 5.75 Å². The minimum atomic E-state index is -0.930. The maximum atomic E-state index is 14.1. The number of hydrogen-bond acceptors (Lipinski definition) is 3. The topological polar surface area (TPSA) is 55.1 Å². The summed E-state index contributed by atoms with van der Waals surface area (Å²) in [7, 11) is 0. The van der Waals surface area contributed by atoms with E-state index in [1.165, 1.54) is 6.07 Å². The van der Waals surface area contributed by atoms with Crippen LogP contribution in [0.4, 0.5) is 4.39 Å². The molecule has 21 heavy (non-hydrogen) atoms. The molecule has 0 aliphatic rings. The highest BCUT2D eigenvalue weighted by atomic mass is 32.2. The average Bonchev–Trinajstić information content (AvgIpc) is 2.80. The van der Waals surface area contributed by atoms with Crippen LogP contribution >= 0.6 is 11.8 Å². The van der Waals surface area contributed by atoms with Crippen LogP contribution in [0, 0.1) is 5.82 Å². The van der Waals surface area contributed by atoms with Crippen molar-refractivity contribution in [1.82, 2.24) is 9.55 Å². The number of benzene rings is 1. The molecule has 0 fully saturated rings. The zero-order chi connectivity index (χ0) is 15.6. The van der Waals surface area contributed by atoms with Gasteiger partial charge in [0.2, 0.25) is 0 Å². The van der Waals surface area contributed by atoms with Gasteiger partial charge in [0.05, 0.1) is 17.6 Å². The fourth-order valence-electron chi connectivity index (χ4n) is 1.96. The van der Waals surface area contributed by atoms with Crippen molar-refractivity contribution in [3.63, 3.8) is 0 Å². The van der Waals surface area contributed by atoms with Crippen LogP contribution in [0.5, 0.6) is 0 Å². The standard InChI is InChI=1S/C15H17FN2O2S/c1-15(2,3)12-8-17-14(21-9-13(19)20)18(12)11-7-5-4-6-10(11)16/h4-8H,9H2,1-3H3,(H,19,20). The minimum absolute atomic E-state index is 0.116. The van der Waals surface area contributed by atoms with Gasteiger partial charge < -0.3 is 5.11 Å². The molecule has 2 rings (SSSR count). The van der Waals surface area contributed by atoms with Crippen molar-refractivity contribution >= 4 is 17.7 Å². The predicted octanol–water partition coefficient (Wildman–Crippen LogP) is 3.49. The fourth-order valence-corrected chi connectivity index (χ4v) is 2.66. The maximum Gasteiger partial charge on any atom is 0.313 e. The molecule has 1 aromatic heterocycles. The molecule has 0 spiro atoms. The van der Waals surface area contributed by atoms with E-state index in [9.17, 15) is 9.18 Å². The molecule has 0 saturated carbocycles. The van der Waals surface area contributed by atoms with E-state index in [1.807, 2.05) is 20.8 Å². The van der Waals surface area contributed by atoms with Crippen LogP contribution in [-0.4, -0.2) is 26.4 Å². The summed E-state index contributed by atoms with van der Waals surface area (Å²) in [5.74, 6) is -1.41. The molecule has 0 radical (unpaired) electrons. The summed E-state index contributed by atoms with van der Waals surface area (Å²) in [5, 5.41) is 9.30. The number of nitrogens with zero attached hydrogens (tertiary/aromatic N) is 2. The molecule has 0 amide bonds. The average molecular weight is 308 g/mol. The fraction of sp³-hybridized carbons (Fsp3) is 0.333. The molecule has 1 heterocycles. The lowest BCUT2D eigenvalue weighted by Crippen LogP contribution is -2.18. The Morgan fingerprint density at radius 3 is 2.62 bits per heavy atom. The van der Waals surface area contributed by atoms with Crippen LogP contribution in [0.3, 0.4) is 0 Å². The quantitative estimate of drug-likeness (QED) is 0.879. The lowest BCUT2D eigenvalue weighted by atomic mass is 9.92. The summed E-state index contributed by atoms with van der Waals surface area (Å²) in [6.07, 6.45) is 1.68. The van der Waals surface area contributed by atoms with Crippen molar-refractivity contribution in [2.45, 2.75) is 31.3 Å². The molecule has 1 aromatic carbocycles. The highest BCUT2D eigenvalue weighted by Gasteiger charge is 2.24. The second-order valence-electron chi connectivity index (χ2n) is 5.65. The summed E-state index contributed by atoms with van der Waals surface area (Å²) < 4.78 is 15.8. The number of carboxylic acid groups (broad SMARTS) is 1. The highest BCUT2D eigenvalue weighted by Crippen LogP contribution is 2.31. The molecule has 4 nitrogen and oxygen atoms in total. The third-order valence-corrected chi connectivity index (χ3v) is 3.85. The summed E-state index contributed by atoms with van der Waals surface area (Å²) in [4.78, 5) is 15.0. The second-order valence-corrected chi connectivity index (χ2v) is 6.59. The van der Waals surface area contributed by atoms with Gasteiger partial charge in [0.1, 0.15) is 5.82 Å². The third-order valence-electron chi connectivity index (χ3n) is 2.92. The van der Waals surface area contributed by atoms with Gasteiger partial charge in [0.25, 0.3) is 0 Å². The first kappa shape index (κ1) is 15.6. The molecule has 0 saturated heterocycles. The monoisotopic (exact) mass is 308 g/mol. The zero-order valence-electron chi connectivity index (χ0n) is 12.1. The zero-order valence-corrected chi connectivity index (χ0v) is 12.9. The Kier molecular flexibility index (Phi) is 4.37. The molecular formula is C15H17FN2O2S. The summed E-state index contributed by atoms with van der Waals surface area (Å²) >= 11 is 1.08. The van der Waals surface area contributed by atoms with E-state index in [4.69, 9.17) is 5.11 Å². The number of rotatable bonds is 4. The summed E-state index contributed by atoms with van der Waals surface area (Å²) in [5.41, 5.74) is 0.977. The number of carboxylic acids is 1. The van der Waals surface area contributed by atoms with Crippen molar-refractivity contribution in [2.24, 2.45) is 0 Å². The number of aromatic nitrogens is 2. The first-order chi connectivity index (χ1) is 9.80. The van der Waals surface area contributed by atoms with Crippen LogP contribution in [0.15, 0.2) is 35.6 Å². The summed E-state index contributed by atoms with van der Waals surface area (Å²) in [6.45, 7) is 6.02. The normalized spacial score (nSPS) is 11.6. The second kappa shape index (κ2) is 5.89. The smallest absolute Gasteiger partial charge is 0.313 e. The molecule has 0 bridgehead atoms. The van der Waals surface area contributed by atoms with Gasteiger partial charge in [-0.1, -0.05) is 44.7 Å². The van der Waals surface area contributed by atoms with Crippen LogP contribution in [0.2, 0.25) is 0 Å². The summed E-state index contributed by atoms with van der Waals surface area (Å²) in [6, 6.07) is 6.41.